The molecule has 0 unspecified atom stereocenters. The molecule has 3 heterocycles. The van der Waals surface area contributed by atoms with Crippen LogP contribution in [0.25, 0.3) is 22.8 Å². The van der Waals surface area contributed by atoms with E-state index in [1.54, 1.807) is 30.7 Å². The van der Waals surface area contributed by atoms with Crippen LogP contribution in [0.1, 0.15) is 18.7 Å². The normalized spacial score (nSPS) is 12.1. The molecule has 0 fully saturated rings. The van der Waals surface area contributed by atoms with Crippen molar-refractivity contribution in [1.82, 2.24) is 20.3 Å². The molecular weight excluding hydrogens is 349 g/mol. The Morgan fingerprint density at radius 2 is 1.93 bits per heavy atom. The predicted molar refractivity (Wildman–Crippen MR) is 96.2 cm³/mol. The van der Waals surface area contributed by atoms with Gasteiger partial charge in [0.05, 0.1) is 17.2 Å². The molecule has 8 heteroatoms. The van der Waals surface area contributed by atoms with Crippen LogP contribution in [-0.2, 0) is 0 Å². The Labute approximate surface area is 154 Å². The van der Waals surface area contributed by atoms with E-state index in [4.69, 9.17) is 9.05 Å². The van der Waals surface area contributed by atoms with Crippen molar-refractivity contribution in [2.24, 2.45) is 0 Å². The van der Waals surface area contributed by atoms with Crippen molar-refractivity contribution in [3.63, 3.8) is 0 Å². The van der Waals surface area contributed by atoms with Crippen LogP contribution in [0.3, 0.4) is 0 Å². The van der Waals surface area contributed by atoms with Crippen molar-refractivity contribution < 1.29 is 13.4 Å². The first-order valence-electron chi connectivity index (χ1n) is 8.31. The second-order valence-electron chi connectivity index (χ2n) is 6.02. The average molecular weight is 365 g/mol. The van der Waals surface area contributed by atoms with Crippen molar-refractivity contribution in [3.8, 4) is 22.8 Å². The van der Waals surface area contributed by atoms with Gasteiger partial charge in [-0.15, -0.1) is 0 Å². The zero-order chi connectivity index (χ0) is 18.8. The number of benzene rings is 1. The molecule has 0 saturated heterocycles. The first kappa shape index (κ1) is 16.9. The van der Waals surface area contributed by atoms with Gasteiger partial charge in [0.1, 0.15) is 23.6 Å². The van der Waals surface area contributed by atoms with E-state index in [0.717, 1.165) is 11.5 Å². The molecule has 1 aromatic carbocycles. The molecule has 0 bridgehead atoms. The average Bonchev–Trinajstić information content (AvgIpc) is 3.39. The van der Waals surface area contributed by atoms with Crippen LogP contribution in [0.2, 0.25) is 0 Å². The van der Waals surface area contributed by atoms with E-state index in [1.165, 1.54) is 6.07 Å². The summed E-state index contributed by atoms with van der Waals surface area (Å²) in [6, 6.07) is 11.8. The third-order valence-electron chi connectivity index (χ3n) is 4.36. The molecule has 0 aliphatic carbocycles. The summed E-state index contributed by atoms with van der Waals surface area (Å²) in [6.45, 7) is 2.01. The van der Waals surface area contributed by atoms with E-state index in [0.29, 0.717) is 11.1 Å². The quantitative estimate of drug-likeness (QED) is 0.526. The number of nitrogens with zero attached hydrogens (tertiary/aromatic N) is 5. The third-order valence-corrected chi connectivity index (χ3v) is 4.36. The molecule has 0 aliphatic rings. The standard InChI is InChI=1S/C19H16FN5O2/c1-12(16-9-10-26-23-16)25(2)17-8-7-13(11-21-17)19-22-18(24-27-19)14-5-3-4-6-15(14)20/h3-12H,1-2H3/t12-/m0/s1. The van der Waals surface area contributed by atoms with Gasteiger partial charge in [-0.25, -0.2) is 9.37 Å². The van der Waals surface area contributed by atoms with E-state index < -0.39 is 5.82 Å². The molecule has 0 aliphatic heterocycles. The topological polar surface area (TPSA) is 81.1 Å². The van der Waals surface area contributed by atoms with Gasteiger partial charge >= 0.3 is 0 Å². The van der Waals surface area contributed by atoms with Crippen molar-refractivity contribution in [2.75, 3.05) is 11.9 Å². The van der Waals surface area contributed by atoms with Gasteiger partial charge in [-0.2, -0.15) is 4.98 Å². The highest BCUT2D eigenvalue weighted by Gasteiger charge is 2.17. The summed E-state index contributed by atoms with van der Waals surface area (Å²) in [5.41, 5.74) is 1.75. The van der Waals surface area contributed by atoms with Gasteiger partial charge in [-0.05, 0) is 31.2 Å². The second-order valence-corrected chi connectivity index (χ2v) is 6.02. The molecule has 0 amide bonds. The molecule has 7 nitrogen and oxygen atoms in total. The van der Waals surface area contributed by atoms with Crippen LogP contribution in [0.5, 0.6) is 0 Å². The van der Waals surface area contributed by atoms with Gasteiger partial charge < -0.3 is 13.9 Å². The smallest absolute Gasteiger partial charge is 0.259 e. The lowest BCUT2D eigenvalue weighted by Gasteiger charge is -2.24. The van der Waals surface area contributed by atoms with Gasteiger partial charge in [0, 0.05) is 19.3 Å². The summed E-state index contributed by atoms with van der Waals surface area (Å²) in [5.74, 6) is 0.827. The zero-order valence-corrected chi connectivity index (χ0v) is 14.7. The predicted octanol–water partition coefficient (Wildman–Crippen LogP) is 4.12. The highest BCUT2D eigenvalue weighted by Crippen LogP contribution is 2.26. The van der Waals surface area contributed by atoms with Crippen molar-refractivity contribution in [3.05, 3.63) is 66.4 Å². The summed E-state index contributed by atoms with van der Waals surface area (Å²) < 4.78 is 24.0. The number of halogens is 1. The summed E-state index contributed by atoms with van der Waals surface area (Å²) in [6.07, 6.45) is 3.18. The Morgan fingerprint density at radius 3 is 2.63 bits per heavy atom. The Bertz CT molecular complexity index is 1030. The van der Waals surface area contributed by atoms with Gasteiger partial charge in [-0.1, -0.05) is 22.4 Å². The van der Waals surface area contributed by atoms with Gasteiger partial charge in [-0.3, -0.25) is 0 Å². The fraction of sp³-hybridized carbons (Fsp3) is 0.158. The van der Waals surface area contributed by atoms with Crippen molar-refractivity contribution in [2.45, 2.75) is 13.0 Å². The molecule has 0 spiro atoms. The van der Waals surface area contributed by atoms with Crippen LogP contribution in [0.4, 0.5) is 10.2 Å². The third kappa shape index (κ3) is 3.29. The largest absolute Gasteiger partial charge is 0.364 e. The number of pyridine rings is 1. The maximum Gasteiger partial charge on any atom is 0.259 e. The zero-order valence-electron chi connectivity index (χ0n) is 14.7. The molecule has 4 aromatic rings. The van der Waals surface area contributed by atoms with Crippen LogP contribution >= 0.6 is 0 Å². The Hall–Kier alpha value is -3.55. The molecule has 0 N–H and O–H groups in total. The lowest BCUT2D eigenvalue weighted by atomic mass is 10.2. The minimum absolute atomic E-state index is 0.00170. The highest BCUT2D eigenvalue weighted by molar-refractivity contribution is 5.60. The molecule has 1 atom stereocenters. The fourth-order valence-electron chi connectivity index (χ4n) is 2.65. The lowest BCUT2D eigenvalue weighted by molar-refractivity contribution is 0.406. The van der Waals surface area contributed by atoms with Crippen LogP contribution in [-0.4, -0.2) is 27.3 Å². The second kappa shape index (κ2) is 6.99. The minimum Gasteiger partial charge on any atom is -0.364 e. The van der Waals surface area contributed by atoms with E-state index in [-0.39, 0.29) is 17.8 Å². The van der Waals surface area contributed by atoms with E-state index in [2.05, 4.69) is 20.3 Å². The first-order chi connectivity index (χ1) is 13.1. The maximum absolute atomic E-state index is 13.9. The Morgan fingerprint density at radius 1 is 1.07 bits per heavy atom. The van der Waals surface area contributed by atoms with E-state index in [9.17, 15) is 4.39 Å². The number of hydrogen-bond donors (Lipinski definition) is 0. The van der Waals surface area contributed by atoms with Crippen LogP contribution in [0.15, 0.2) is 64.0 Å². The van der Waals surface area contributed by atoms with E-state index in [1.807, 2.05) is 37.1 Å². The fourth-order valence-corrected chi connectivity index (χ4v) is 2.65. The van der Waals surface area contributed by atoms with Gasteiger partial charge in [0.25, 0.3) is 5.89 Å². The molecule has 136 valence electrons. The highest BCUT2D eigenvalue weighted by atomic mass is 19.1. The molecule has 0 radical (unpaired) electrons. The first-order valence-corrected chi connectivity index (χ1v) is 8.31. The van der Waals surface area contributed by atoms with Gasteiger partial charge in [0.15, 0.2) is 0 Å². The molecular formula is C19H16FN5O2. The lowest BCUT2D eigenvalue weighted by Crippen LogP contribution is -2.22. The number of anilines is 1. The monoisotopic (exact) mass is 365 g/mol. The molecule has 4 rings (SSSR count). The van der Waals surface area contributed by atoms with E-state index >= 15 is 0 Å². The Kier molecular flexibility index (Phi) is 4.37. The Balaban J connectivity index is 1.55. The summed E-state index contributed by atoms with van der Waals surface area (Å²) in [7, 11) is 1.92. The summed E-state index contributed by atoms with van der Waals surface area (Å²) in [5, 5.41) is 7.82. The minimum atomic E-state index is -0.401. The number of aromatic nitrogens is 4. The van der Waals surface area contributed by atoms with Crippen LogP contribution in [0, 0.1) is 5.82 Å². The molecule has 3 aromatic heterocycles. The van der Waals surface area contributed by atoms with Crippen LogP contribution < -0.4 is 4.90 Å². The maximum atomic E-state index is 13.9. The van der Waals surface area contributed by atoms with Crippen molar-refractivity contribution >= 4 is 5.82 Å². The molecule has 27 heavy (non-hydrogen) atoms. The number of rotatable bonds is 5. The van der Waals surface area contributed by atoms with Crippen molar-refractivity contribution in [1.29, 1.82) is 0 Å². The summed E-state index contributed by atoms with van der Waals surface area (Å²) >= 11 is 0. The van der Waals surface area contributed by atoms with Gasteiger partial charge in [0.2, 0.25) is 5.82 Å². The number of hydrogen-bond acceptors (Lipinski definition) is 7. The molecule has 0 saturated carbocycles. The SMILES string of the molecule is C[C@@H](c1ccon1)N(C)c1ccc(-c2nc(-c3ccccc3F)no2)cn1. The summed E-state index contributed by atoms with van der Waals surface area (Å²) in [4.78, 5) is 10.7.